The molecule has 0 spiro atoms. The molecule has 0 atom stereocenters. The largest absolute Gasteiger partial charge is 0.444 e. The maximum Gasteiger partial charge on any atom is 0.413 e. The van der Waals surface area contributed by atoms with E-state index in [0.29, 0.717) is 11.5 Å². The zero-order valence-corrected chi connectivity index (χ0v) is 10.4. The summed E-state index contributed by atoms with van der Waals surface area (Å²) in [4.78, 5) is 19.1. The van der Waals surface area contributed by atoms with Crippen molar-refractivity contribution < 1.29 is 9.53 Å². The first kappa shape index (κ1) is 12.7. The van der Waals surface area contributed by atoms with Crippen molar-refractivity contribution in [3.63, 3.8) is 0 Å². The Morgan fingerprint density at radius 1 is 1.44 bits per heavy atom. The van der Waals surface area contributed by atoms with Gasteiger partial charge in [0.25, 0.3) is 0 Å². The van der Waals surface area contributed by atoms with Crippen LogP contribution < -0.4 is 5.32 Å². The van der Waals surface area contributed by atoms with Gasteiger partial charge in [0.05, 0.1) is 0 Å². The van der Waals surface area contributed by atoms with Crippen LogP contribution >= 0.6 is 11.6 Å². The Morgan fingerprint density at radius 3 is 2.56 bits per heavy atom. The molecule has 16 heavy (non-hydrogen) atoms. The summed E-state index contributed by atoms with van der Waals surface area (Å²) in [5, 5.41) is 2.57. The van der Waals surface area contributed by atoms with Gasteiger partial charge in [-0.3, -0.25) is 5.32 Å². The van der Waals surface area contributed by atoms with E-state index in [2.05, 4.69) is 15.3 Å². The van der Waals surface area contributed by atoms with Crippen molar-refractivity contribution in [3.8, 4) is 0 Å². The van der Waals surface area contributed by atoms with Crippen LogP contribution in [-0.2, 0) is 4.74 Å². The lowest BCUT2D eigenvalue weighted by molar-refractivity contribution is 0.0635. The normalized spacial score (nSPS) is 11.1. The Kier molecular flexibility index (Phi) is 3.70. The minimum Gasteiger partial charge on any atom is -0.444 e. The average molecular weight is 244 g/mol. The van der Waals surface area contributed by atoms with Crippen LogP contribution in [0.25, 0.3) is 0 Å². The van der Waals surface area contributed by atoms with Gasteiger partial charge >= 0.3 is 6.09 Å². The molecule has 0 saturated carbocycles. The monoisotopic (exact) mass is 243 g/mol. The Morgan fingerprint density at radius 2 is 2.06 bits per heavy atom. The fourth-order valence-electron chi connectivity index (χ4n) is 1.00. The van der Waals surface area contributed by atoms with Crippen LogP contribution in [0.4, 0.5) is 10.6 Å². The number of ether oxygens (including phenoxy) is 1. The van der Waals surface area contributed by atoms with Crippen molar-refractivity contribution in [2.75, 3.05) is 5.32 Å². The highest BCUT2D eigenvalue weighted by atomic mass is 35.5. The first-order chi connectivity index (χ1) is 7.26. The molecule has 0 radical (unpaired) electrons. The number of carbonyl (C=O) groups is 1. The number of nitrogens with zero attached hydrogens (tertiary/aromatic N) is 2. The van der Waals surface area contributed by atoms with Gasteiger partial charge in [0.1, 0.15) is 11.4 Å². The second-order valence-electron chi connectivity index (χ2n) is 4.29. The van der Waals surface area contributed by atoms with Crippen LogP contribution in [0.2, 0.25) is 5.28 Å². The standard InChI is InChI=1S/C10H14ClN3O2/c1-6-5-7(13-8(11)12-6)14-9(15)16-10(2,3)4/h5H,1-4H3,(H,12,13,14,15). The molecule has 1 rings (SSSR count). The zero-order valence-electron chi connectivity index (χ0n) is 9.67. The average Bonchev–Trinajstić information content (AvgIpc) is 1.96. The first-order valence-electron chi connectivity index (χ1n) is 4.77. The van der Waals surface area contributed by atoms with Crippen LogP contribution in [0, 0.1) is 6.92 Å². The molecule has 0 aliphatic heterocycles. The topological polar surface area (TPSA) is 64.1 Å². The number of amides is 1. The number of carbonyl (C=O) groups excluding carboxylic acids is 1. The molecule has 1 heterocycles. The molecule has 0 fully saturated rings. The van der Waals surface area contributed by atoms with Crippen molar-refractivity contribution in [2.45, 2.75) is 33.3 Å². The lowest BCUT2D eigenvalue weighted by atomic mass is 10.2. The summed E-state index contributed by atoms with van der Waals surface area (Å²) < 4.78 is 5.07. The Hall–Kier alpha value is -1.36. The van der Waals surface area contributed by atoms with E-state index >= 15 is 0 Å². The molecule has 0 aliphatic carbocycles. The van der Waals surface area contributed by atoms with E-state index in [1.807, 2.05) is 0 Å². The predicted octanol–water partition coefficient (Wildman–Crippen LogP) is 2.79. The molecule has 5 nitrogen and oxygen atoms in total. The van der Waals surface area contributed by atoms with E-state index in [4.69, 9.17) is 16.3 Å². The first-order valence-corrected chi connectivity index (χ1v) is 5.15. The minimum absolute atomic E-state index is 0.0889. The number of anilines is 1. The summed E-state index contributed by atoms with van der Waals surface area (Å²) in [7, 11) is 0. The minimum atomic E-state index is -0.568. The van der Waals surface area contributed by atoms with Crippen LogP contribution in [-0.4, -0.2) is 21.7 Å². The van der Waals surface area contributed by atoms with Crippen molar-refractivity contribution in [1.82, 2.24) is 9.97 Å². The second-order valence-corrected chi connectivity index (χ2v) is 4.63. The SMILES string of the molecule is Cc1cc(NC(=O)OC(C)(C)C)nc(Cl)n1. The number of hydrogen-bond acceptors (Lipinski definition) is 4. The molecule has 1 aromatic rings. The van der Waals surface area contributed by atoms with Gasteiger partial charge in [-0.1, -0.05) is 0 Å². The van der Waals surface area contributed by atoms with Gasteiger partial charge in [-0.15, -0.1) is 0 Å². The smallest absolute Gasteiger partial charge is 0.413 e. The molecule has 0 unspecified atom stereocenters. The van der Waals surface area contributed by atoms with E-state index < -0.39 is 11.7 Å². The number of aryl methyl sites for hydroxylation is 1. The van der Waals surface area contributed by atoms with Crippen LogP contribution in [0.3, 0.4) is 0 Å². The Labute approximate surface area is 99.2 Å². The summed E-state index contributed by atoms with van der Waals surface area (Å²) in [5.74, 6) is 0.326. The van der Waals surface area contributed by atoms with Gasteiger partial charge in [0.15, 0.2) is 0 Å². The van der Waals surface area contributed by atoms with Crippen molar-refractivity contribution in [2.24, 2.45) is 0 Å². The Bertz CT molecular complexity index is 381. The summed E-state index contributed by atoms with van der Waals surface area (Å²) in [5.41, 5.74) is 0.127. The Balaban J connectivity index is 2.70. The fraction of sp³-hybridized carbons (Fsp3) is 0.500. The van der Waals surface area contributed by atoms with E-state index in [0.717, 1.165) is 0 Å². The highest BCUT2D eigenvalue weighted by Crippen LogP contribution is 2.12. The number of hydrogen-bond donors (Lipinski definition) is 1. The van der Waals surface area contributed by atoms with Crippen molar-refractivity contribution in [1.29, 1.82) is 0 Å². The van der Waals surface area contributed by atoms with Crippen LogP contribution in [0.1, 0.15) is 26.5 Å². The maximum atomic E-state index is 11.4. The molecule has 1 aromatic heterocycles. The summed E-state index contributed by atoms with van der Waals surface area (Å²) >= 11 is 5.65. The third-order valence-electron chi connectivity index (χ3n) is 1.46. The lowest BCUT2D eigenvalue weighted by Gasteiger charge is -2.19. The lowest BCUT2D eigenvalue weighted by Crippen LogP contribution is -2.27. The quantitative estimate of drug-likeness (QED) is 0.771. The van der Waals surface area contributed by atoms with Crippen molar-refractivity contribution in [3.05, 3.63) is 17.0 Å². The highest BCUT2D eigenvalue weighted by Gasteiger charge is 2.16. The van der Waals surface area contributed by atoms with Crippen LogP contribution in [0.15, 0.2) is 6.07 Å². The summed E-state index contributed by atoms with van der Waals surface area (Å²) in [6.45, 7) is 7.11. The van der Waals surface area contributed by atoms with Gasteiger partial charge in [0.2, 0.25) is 5.28 Å². The third kappa shape index (κ3) is 4.44. The molecule has 6 heteroatoms. The van der Waals surface area contributed by atoms with E-state index in [1.54, 1.807) is 33.8 Å². The number of halogens is 1. The van der Waals surface area contributed by atoms with Gasteiger partial charge in [0, 0.05) is 11.8 Å². The third-order valence-corrected chi connectivity index (χ3v) is 1.62. The molecule has 1 amide bonds. The molecule has 1 N–H and O–H groups in total. The zero-order chi connectivity index (χ0) is 12.3. The summed E-state index contributed by atoms with van der Waals surface area (Å²) in [6, 6.07) is 1.61. The van der Waals surface area contributed by atoms with Crippen molar-refractivity contribution >= 4 is 23.5 Å². The van der Waals surface area contributed by atoms with Gasteiger partial charge in [-0.25, -0.2) is 14.8 Å². The van der Waals surface area contributed by atoms with Gasteiger partial charge in [-0.05, 0) is 39.3 Å². The molecular weight excluding hydrogens is 230 g/mol. The predicted molar refractivity (Wildman–Crippen MR) is 61.6 cm³/mol. The highest BCUT2D eigenvalue weighted by molar-refractivity contribution is 6.28. The number of nitrogens with one attached hydrogen (secondary N) is 1. The second kappa shape index (κ2) is 4.65. The fourth-order valence-corrected chi connectivity index (χ4v) is 1.23. The molecular formula is C10H14ClN3O2. The van der Waals surface area contributed by atoms with E-state index in [9.17, 15) is 4.79 Å². The van der Waals surface area contributed by atoms with Gasteiger partial charge < -0.3 is 4.74 Å². The van der Waals surface area contributed by atoms with E-state index in [1.165, 1.54) is 0 Å². The van der Waals surface area contributed by atoms with E-state index in [-0.39, 0.29) is 5.28 Å². The molecule has 88 valence electrons. The van der Waals surface area contributed by atoms with Crippen LogP contribution in [0.5, 0.6) is 0 Å². The van der Waals surface area contributed by atoms with Gasteiger partial charge in [-0.2, -0.15) is 0 Å². The molecule has 0 aliphatic rings. The maximum absolute atomic E-state index is 11.4. The number of aromatic nitrogens is 2. The molecule has 0 aromatic carbocycles. The summed E-state index contributed by atoms with van der Waals surface area (Å²) in [6.07, 6.45) is -0.568. The number of rotatable bonds is 1. The molecule has 0 bridgehead atoms. The molecule has 0 saturated heterocycles.